The minimum Gasteiger partial charge on any atom is -0.321 e. The Bertz CT molecular complexity index is 823. The number of sulfonamides is 1. The van der Waals surface area contributed by atoms with Gasteiger partial charge in [-0.05, 0) is 49.6 Å². The summed E-state index contributed by atoms with van der Waals surface area (Å²) in [6, 6.07) is 7.51. The Kier molecular flexibility index (Phi) is 4.58. The van der Waals surface area contributed by atoms with Crippen LogP contribution in [-0.4, -0.2) is 20.6 Å². The molecule has 0 saturated carbocycles. The van der Waals surface area contributed by atoms with E-state index in [0.29, 0.717) is 15.6 Å². The normalized spacial score (nSPS) is 11.3. The number of hydrogen-bond acceptors (Lipinski definition) is 4. The van der Waals surface area contributed by atoms with Gasteiger partial charge in [-0.15, -0.1) is 11.3 Å². The van der Waals surface area contributed by atoms with Crippen LogP contribution in [0.2, 0.25) is 0 Å². The average Bonchev–Trinajstić information content (AvgIpc) is 2.65. The second-order valence-corrected chi connectivity index (χ2v) is 7.98. The topological polar surface area (TPSA) is 75.3 Å². The van der Waals surface area contributed by atoms with Crippen molar-refractivity contribution in [2.45, 2.75) is 20.8 Å². The highest BCUT2D eigenvalue weighted by atomic mass is 32.2. The maximum Gasteiger partial charge on any atom is 0.266 e. The van der Waals surface area contributed by atoms with E-state index in [4.69, 9.17) is 0 Å². The summed E-state index contributed by atoms with van der Waals surface area (Å²) in [5, 5.41) is 3.32. The molecule has 0 aliphatic rings. The van der Waals surface area contributed by atoms with Crippen LogP contribution < -0.4 is 10.0 Å². The number of rotatable bonds is 4. The van der Waals surface area contributed by atoms with Crippen LogP contribution in [-0.2, 0) is 10.0 Å². The van der Waals surface area contributed by atoms with Crippen LogP contribution in [0.3, 0.4) is 0 Å². The molecule has 1 heterocycles. The van der Waals surface area contributed by atoms with Crippen molar-refractivity contribution in [2.75, 3.05) is 16.3 Å². The van der Waals surface area contributed by atoms with E-state index in [1.807, 2.05) is 38.1 Å². The van der Waals surface area contributed by atoms with Crippen LogP contribution in [0.1, 0.15) is 26.4 Å². The van der Waals surface area contributed by atoms with Crippen LogP contribution >= 0.6 is 11.3 Å². The van der Waals surface area contributed by atoms with Crippen LogP contribution in [0.4, 0.5) is 10.7 Å². The zero-order valence-corrected chi connectivity index (χ0v) is 14.5. The molecule has 0 atom stereocenters. The Morgan fingerprint density at radius 1 is 1.14 bits per heavy atom. The van der Waals surface area contributed by atoms with Crippen LogP contribution in [0.25, 0.3) is 0 Å². The zero-order valence-electron chi connectivity index (χ0n) is 12.9. The molecule has 7 heteroatoms. The fourth-order valence-corrected chi connectivity index (χ4v) is 4.06. The predicted octanol–water partition coefficient (Wildman–Crippen LogP) is 3.30. The fourth-order valence-electron chi connectivity index (χ4n) is 1.99. The maximum atomic E-state index is 12.4. The molecule has 0 saturated heterocycles. The van der Waals surface area contributed by atoms with Gasteiger partial charge in [-0.2, -0.15) is 0 Å². The first-order chi connectivity index (χ1) is 10.2. The van der Waals surface area contributed by atoms with Crippen molar-refractivity contribution in [2.24, 2.45) is 0 Å². The molecule has 0 aliphatic heterocycles. The lowest BCUT2D eigenvalue weighted by Crippen LogP contribution is -2.11. The van der Waals surface area contributed by atoms with Crippen molar-refractivity contribution >= 4 is 38.0 Å². The molecule has 5 nitrogen and oxygen atoms in total. The minimum absolute atomic E-state index is 0.238. The number of carbonyl (C=O) groups excluding carboxylic acids is 1. The van der Waals surface area contributed by atoms with Gasteiger partial charge in [0.15, 0.2) is 0 Å². The summed E-state index contributed by atoms with van der Waals surface area (Å²) >= 11 is 1.14. The molecule has 0 unspecified atom stereocenters. The smallest absolute Gasteiger partial charge is 0.266 e. The molecule has 0 radical (unpaired) electrons. The number of hydrogen-bond donors (Lipinski definition) is 2. The van der Waals surface area contributed by atoms with E-state index in [1.165, 1.54) is 0 Å². The van der Waals surface area contributed by atoms with Gasteiger partial charge in [-0.1, -0.05) is 12.1 Å². The van der Waals surface area contributed by atoms with Gasteiger partial charge in [0, 0.05) is 5.69 Å². The van der Waals surface area contributed by atoms with Crippen LogP contribution in [0, 0.1) is 20.8 Å². The van der Waals surface area contributed by atoms with E-state index in [0.717, 1.165) is 34.3 Å². The minimum atomic E-state index is -3.36. The molecule has 0 fully saturated rings. The third kappa shape index (κ3) is 3.86. The molecule has 2 N–H and O–H groups in total. The van der Waals surface area contributed by atoms with E-state index < -0.39 is 10.0 Å². The molecule has 0 bridgehead atoms. The van der Waals surface area contributed by atoms with Crippen molar-refractivity contribution in [1.29, 1.82) is 0 Å². The average molecular weight is 338 g/mol. The molecule has 22 heavy (non-hydrogen) atoms. The van der Waals surface area contributed by atoms with E-state index >= 15 is 0 Å². The highest BCUT2D eigenvalue weighted by molar-refractivity contribution is 7.92. The molecule has 2 aromatic rings. The maximum absolute atomic E-state index is 12.4. The van der Waals surface area contributed by atoms with Gasteiger partial charge in [0.1, 0.15) is 5.00 Å². The van der Waals surface area contributed by atoms with Gasteiger partial charge in [0.2, 0.25) is 10.0 Å². The molecule has 2 rings (SSSR count). The molecular weight excluding hydrogens is 320 g/mol. The third-order valence-electron chi connectivity index (χ3n) is 3.21. The van der Waals surface area contributed by atoms with E-state index in [2.05, 4.69) is 10.0 Å². The third-order valence-corrected chi connectivity index (χ3v) is 5.22. The number of benzene rings is 1. The van der Waals surface area contributed by atoms with Crippen molar-refractivity contribution in [3.05, 3.63) is 45.8 Å². The Morgan fingerprint density at radius 3 is 2.41 bits per heavy atom. The predicted molar refractivity (Wildman–Crippen MR) is 91.4 cm³/mol. The molecule has 1 aromatic heterocycles. The molecule has 1 aromatic carbocycles. The summed E-state index contributed by atoms with van der Waals surface area (Å²) in [6.07, 6.45) is 1.09. The van der Waals surface area contributed by atoms with Crippen molar-refractivity contribution in [3.63, 3.8) is 0 Å². The largest absolute Gasteiger partial charge is 0.321 e. The second-order valence-electron chi connectivity index (χ2n) is 5.21. The highest BCUT2D eigenvalue weighted by Crippen LogP contribution is 2.33. The number of nitrogens with one attached hydrogen (secondary N) is 2. The first-order valence-electron chi connectivity index (χ1n) is 6.63. The molecule has 0 aliphatic carbocycles. The quantitative estimate of drug-likeness (QED) is 0.898. The molecule has 0 spiro atoms. The SMILES string of the molecule is Cc1cccc(NC(=O)c2sc(NS(C)(=O)=O)c(C)c2C)c1. The highest BCUT2D eigenvalue weighted by Gasteiger charge is 2.19. The van der Waals surface area contributed by atoms with Gasteiger partial charge >= 0.3 is 0 Å². The van der Waals surface area contributed by atoms with Gasteiger partial charge in [-0.3, -0.25) is 9.52 Å². The lowest BCUT2D eigenvalue weighted by Gasteiger charge is -2.05. The zero-order chi connectivity index (χ0) is 16.5. The van der Waals surface area contributed by atoms with E-state index in [-0.39, 0.29) is 5.91 Å². The lowest BCUT2D eigenvalue weighted by molar-refractivity contribution is 0.103. The first-order valence-corrected chi connectivity index (χ1v) is 9.34. The van der Waals surface area contributed by atoms with Gasteiger partial charge in [0.05, 0.1) is 11.1 Å². The number of aryl methyl sites for hydroxylation is 1. The summed E-state index contributed by atoms with van der Waals surface area (Å²) in [4.78, 5) is 12.9. The van der Waals surface area contributed by atoms with Crippen molar-refractivity contribution in [1.82, 2.24) is 0 Å². The van der Waals surface area contributed by atoms with Gasteiger partial charge in [-0.25, -0.2) is 8.42 Å². The lowest BCUT2D eigenvalue weighted by atomic mass is 10.1. The Balaban J connectivity index is 2.29. The van der Waals surface area contributed by atoms with Gasteiger partial charge in [0.25, 0.3) is 5.91 Å². The summed E-state index contributed by atoms with van der Waals surface area (Å²) < 4.78 is 25.2. The number of carbonyl (C=O) groups is 1. The standard InChI is InChI=1S/C15H18N2O3S2/c1-9-6-5-7-12(8-9)16-14(18)13-10(2)11(3)15(21-13)17-22(4,19)20/h5-8,17H,1-4H3,(H,16,18). The molecule has 118 valence electrons. The summed E-state index contributed by atoms with van der Waals surface area (Å²) in [5.74, 6) is -0.238. The summed E-state index contributed by atoms with van der Waals surface area (Å²) in [7, 11) is -3.36. The van der Waals surface area contributed by atoms with Gasteiger partial charge < -0.3 is 5.32 Å². The van der Waals surface area contributed by atoms with Crippen LogP contribution in [0.15, 0.2) is 24.3 Å². The number of anilines is 2. The Morgan fingerprint density at radius 2 is 1.82 bits per heavy atom. The van der Waals surface area contributed by atoms with Crippen LogP contribution in [0.5, 0.6) is 0 Å². The first kappa shape index (κ1) is 16.5. The van der Waals surface area contributed by atoms with E-state index in [1.54, 1.807) is 6.92 Å². The Hall–Kier alpha value is -1.86. The summed E-state index contributed by atoms with van der Waals surface area (Å²) in [6.45, 7) is 5.55. The Labute approximate surface area is 134 Å². The fraction of sp³-hybridized carbons (Fsp3) is 0.267. The summed E-state index contributed by atoms with van der Waals surface area (Å²) in [5.41, 5.74) is 3.32. The number of thiophene rings is 1. The van der Waals surface area contributed by atoms with Crippen molar-refractivity contribution < 1.29 is 13.2 Å². The number of amides is 1. The van der Waals surface area contributed by atoms with E-state index in [9.17, 15) is 13.2 Å². The monoisotopic (exact) mass is 338 g/mol. The molecular formula is C15H18N2O3S2. The molecule has 1 amide bonds. The second kappa shape index (κ2) is 6.10. The van der Waals surface area contributed by atoms with Crippen molar-refractivity contribution in [3.8, 4) is 0 Å².